The van der Waals surface area contributed by atoms with E-state index in [1.54, 1.807) is 33.5 Å². The summed E-state index contributed by atoms with van der Waals surface area (Å²) in [5, 5.41) is 0. The van der Waals surface area contributed by atoms with Crippen molar-refractivity contribution in [1.29, 1.82) is 0 Å². The van der Waals surface area contributed by atoms with Gasteiger partial charge in [-0.3, -0.25) is 4.79 Å². The van der Waals surface area contributed by atoms with Gasteiger partial charge in [-0.2, -0.15) is 4.31 Å². The van der Waals surface area contributed by atoms with Gasteiger partial charge in [0.2, 0.25) is 10.0 Å². The summed E-state index contributed by atoms with van der Waals surface area (Å²) in [6.07, 6.45) is 5.10. The summed E-state index contributed by atoms with van der Waals surface area (Å²) in [5.74, 6) is 0.149. The molecular weight excluding hydrogens is 352 g/mol. The van der Waals surface area contributed by atoms with Gasteiger partial charge < -0.3 is 9.32 Å². The molecule has 0 spiro atoms. The van der Waals surface area contributed by atoms with E-state index < -0.39 is 10.0 Å². The Bertz CT molecular complexity index is 900. The van der Waals surface area contributed by atoms with Gasteiger partial charge in [0.1, 0.15) is 0 Å². The van der Waals surface area contributed by atoms with Gasteiger partial charge in [-0.05, 0) is 54.7 Å². The van der Waals surface area contributed by atoms with Crippen molar-refractivity contribution < 1.29 is 17.6 Å². The molecule has 2 aliphatic heterocycles. The van der Waals surface area contributed by atoms with Crippen LogP contribution in [0.25, 0.3) is 0 Å². The fraction of sp³-hybridized carbons (Fsp3) is 0.421. The monoisotopic (exact) mass is 374 g/mol. The van der Waals surface area contributed by atoms with Crippen LogP contribution in [0.5, 0.6) is 0 Å². The van der Waals surface area contributed by atoms with E-state index in [0.29, 0.717) is 43.3 Å². The molecule has 138 valence electrons. The molecule has 1 amide bonds. The van der Waals surface area contributed by atoms with Crippen LogP contribution < -0.4 is 0 Å². The molecule has 2 aliphatic rings. The topological polar surface area (TPSA) is 70.8 Å². The molecule has 0 bridgehead atoms. The maximum Gasteiger partial charge on any atom is 0.289 e. The molecule has 26 heavy (non-hydrogen) atoms. The van der Waals surface area contributed by atoms with E-state index >= 15 is 0 Å². The van der Waals surface area contributed by atoms with Crippen molar-refractivity contribution >= 4 is 15.9 Å². The average molecular weight is 374 g/mol. The van der Waals surface area contributed by atoms with Gasteiger partial charge in [-0.15, -0.1) is 0 Å². The zero-order valence-corrected chi connectivity index (χ0v) is 15.4. The van der Waals surface area contributed by atoms with E-state index in [4.69, 9.17) is 4.42 Å². The molecule has 4 rings (SSSR count). The number of fused-ring (bicyclic) bond motifs is 1. The first-order valence-electron chi connectivity index (χ1n) is 9.00. The minimum atomic E-state index is -3.47. The van der Waals surface area contributed by atoms with Crippen molar-refractivity contribution in [3.05, 3.63) is 53.5 Å². The lowest BCUT2D eigenvalue weighted by atomic mass is 10.00. The molecule has 0 radical (unpaired) electrons. The summed E-state index contributed by atoms with van der Waals surface area (Å²) >= 11 is 0. The average Bonchev–Trinajstić information content (AvgIpc) is 3.22. The molecule has 1 saturated heterocycles. The first-order valence-corrected chi connectivity index (χ1v) is 10.4. The van der Waals surface area contributed by atoms with Crippen molar-refractivity contribution in [1.82, 2.24) is 9.21 Å². The Hall–Kier alpha value is -2.12. The molecule has 3 heterocycles. The lowest BCUT2D eigenvalue weighted by Crippen LogP contribution is -2.37. The minimum Gasteiger partial charge on any atom is -0.459 e. The number of piperidine rings is 1. The molecule has 1 fully saturated rings. The molecular formula is C19H22N2O4S. The second kappa shape index (κ2) is 6.89. The van der Waals surface area contributed by atoms with Crippen molar-refractivity contribution in [3.63, 3.8) is 0 Å². The lowest BCUT2D eigenvalue weighted by Gasteiger charge is -2.30. The highest BCUT2D eigenvalue weighted by Gasteiger charge is 2.28. The van der Waals surface area contributed by atoms with Crippen molar-refractivity contribution in [2.24, 2.45) is 0 Å². The van der Waals surface area contributed by atoms with Gasteiger partial charge >= 0.3 is 0 Å². The first-order chi connectivity index (χ1) is 12.6. The van der Waals surface area contributed by atoms with Gasteiger partial charge in [0.25, 0.3) is 5.91 Å². The second-order valence-corrected chi connectivity index (χ2v) is 8.79. The Morgan fingerprint density at radius 1 is 1.00 bits per heavy atom. The fourth-order valence-corrected chi connectivity index (χ4v) is 5.25. The number of hydrogen-bond acceptors (Lipinski definition) is 4. The third kappa shape index (κ3) is 3.17. The summed E-state index contributed by atoms with van der Waals surface area (Å²) in [6, 6.07) is 8.66. The minimum absolute atomic E-state index is 0.162. The SMILES string of the molecule is O=C(c1ccco1)N1CCc2ccc(S(=O)(=O)N3CCCCC3)cc2C1. The summed E-state index contributed by atoms with van der Waals surface area (Å²) in [4.78, 5) is 14.5. The zero-order chi connectivity index (χ0) is 18.1. The fourth-order valence-electron chi connectivity index (χ4n) is 3.68. The van der Waals surface area contributed by atoms with Crippen LogP contribution in [0.2, 0.25) is 0 Å². The highest BCUT2D eigenvalue weighted by Crippen LogP contribution is 2.26. The van der Waals surface area contributed by atoms with Crippen LogP contribution in [-0.4, -0.2) is 43.2 Å². The number of carbonyl (C=O) groups excluding carboxylic acids is 1. The Morgan fingerprint density at radius 2 is 1.81 bits per heavy atom. The summed E-state index contributed by atoms with van der Waals surface area (Å²) in [5.41, 5.74) is 2.00. The van der Waals surface area contributed by atoms with Gasteiger partial charge in [0.15, 0.2) is 5.76 Å². The Balaban J connectivity index is 1.59. The number of benzene rings is 1. The Kier molecular flexibility index (Phi) is 4.58. The number of sulfonamides is 1. The quantitative estimate of drug-likeness (QED) is 0.828. The van der Waals surface area contributed by atoms with E-state index in [-0.39, 0.29) is 5.91 Å². The normalized spacial score (nSPS) is 18.5. The maximum atomic E-state index is 12.9. The van der Waals surface area contributed by atoms with Crippen LogP contribution in [0, 0.1) is 0 Å². The van der Waals surface area contributed by atoms with Crippen LogP contribution in [0.4, 0.5) is 0 Å². The third-order valence-corrected chi connectivity index (χ3v) is 7.06. The highest BCUT2D eigenvalue weighted by atomic mass is 32.2. The summed E-state index contributed by atoms with van der Waals surface area (Å²) < 4.78 is 32.6. The summed E-state index contributed by atoms with van der Waals surface area (Å²) in [6.45, 7) is 2.17. The maximum absolute atomic E-state index is 12.9. The molecule has 1 aromatic heterocycles. The van der Waals surface area contributed by atoms with E-state index in [0.717, 1.165) is 30.4 Å². The number of nitrogens with zero attached hydrogens (tertiary/aromatic N) is 2. The first kappa shape index (κ1) is 17.3. The van der Waals surface area contributed by atoms with Crippen molar-refractivity contribution in [2.45, 2.75) is 37.1 Å². The van der Waals surface area contributed by atoms with Crippen molar-refractivity contribution in [3.8, 4) is 0 Å². The number of hydrogen-bond donors (Lipinski definition) is 0. The van der Waals surface area contributed by atoms with Gasteiger partial charge in [-0.1, -0.05) is 12.5 Å². The molecule has 7 heteroatoms. The Labute approximate surface area is 153 Å². The molecule has 0 N–H and O–H groups in total. The molecule has 0 atom stereocenters. The van der Waals surface area contributed by atoms with E-state index in [1.807, 2.05) is 6.07 Å². The lowest BCUT2D eigenvalue weighted by molar-refractivity contribution is 0.0702. The molecule has 0 unspecified atom stereocenters. The molecule has 6 nitrogen and oxygen atoms in total. The molecule has 2 aromatic rings. The number of amides is 1. The molecule has 1 aromatic carbocycles. The number of rotatable bonds is 3. The van der Waals surface area contributed by atoms with Crippen LogP contribution in [0.15, 0.2) is 45.9 Å². The number of carbonyl (C=O) groups is 1. The predicted molar refractivity (Wildman–Crippen MR) is 96.2 cm³/mol. The van der Waals surface area contributed by atoms with E-state index in [1.165, 1.54) is 6.26 Å². The smallest absolute Gasteiger partial charge is 0.289 e. The van der Waals surface area contributed by atoms with Crippen LogP contribution >= 0.6 is 0 Å². The van der Waals surface area contributed by atoms with Crippen molar-refractivity contribution in [2.75, 3.05) is 19.6 Å². The van der Waals surface area contributed by atoms with Crippen LogP contribution in [0.3, 0.4) is 0 Å². The largest absolute Gasteiger partial charge is 0.459 e. The Morgan fingerprint density at radius 3 is 2.54 bits per heavy atom. The predicted octanol–water partition coefficient (Wildman–Crippen LogP) is 2.65. The number of furan rings is 1. The third-order valence-electron chi connectivity index (χ3n) is 5.16. The zero-order valence-electron chi connectivity index (χ0n) is 14.6. The van der Waals surface area contributed by atoms with Gasteiger partial charge in [0, 0.05) is 26.2 Å². The second-order valence-electron chi connectivity index (χ2n) is 6.85. The molecule has 0 saturated carbocycles. The van der Waals surface area contributed by atoms with E-state index in [9.17, 15) is 13.2 Å². The molecule has 0 aliphatic carbocycles. The summed E-state index contributed by atoms with van der Waals surface area (Å²) in [7, 11) is -3.47. The highest BCUT2D eigenvalue weighted by molar-refractivity contribution is 7.89. The van der Waals surface area contributed by atoms with E-state index in [2.05, 4.69) is 0 Å². The van der Waals surface area contributed by atoms with Gasteiger partial charge in [0.05, 0.1) is 11.2 Å². The van der Waals surface area contributed by atoms with Crippen LogP contribution in [-0.2, 0) is 23.0 Å². The standard InChI is InChI=1S/C19H22N2O4S/c22-19(18-5-4-12-25-18)20-11-8-15-6-7-17(13-16(15)14-20)26(23,24)21-9-2-1-3-10-21/h4-7,12-13H,1-3,8-11,14H2. The van der Waals surface area contributed by atoms with Gasteiger partial charge in [-0.25, -0.2) is 8.42 Å². The van der Waals surface area contributed by atoms with Crippen LogP contribution in [0.1, 0.15) is 40.9 Å².